The second-order valence-electron chi connectivity index (χ2n) is 11.2. The number of esters is 2. The first kappa shape index (κ1) is 30.6. The molecule has 0 saturated heterocycles. The van der Waals surface area contributed by atoms with Gasteiger partial charge in [-0.15, -0.1) is 0 Å². The Labute approximate surface area is 226 Å². The summed E-state index contributed by atoms with van der Waals surface area (Å²) in [5.41, 5.74) is 4.91. The predicted octanol–water partition coefficient (Wildman–Crippen LogP) is 5.21. The van der Waals surface area contributed by atoms with Crippen LogP contribution >= 0.6 is 15.9 Å². The number of alkyl halides is 1. The summed E-state index contributed by atoms with van der Waals surface area (Å²) in [6.07, 6.45) is 0.762. The molecule has 9 nitrogen and oxygen atoms in total. The predicted molar refractivity (Wildman–Crippen MR) is 145 cm³/mol. The van der Waals surface area contributed by atoms with Crippen molar-refractivity contribution in [3.8, 4) is 0 Å². The lowest BCUT2D eigenvalue weighted by atomic mass is 9.90. The van der Waals surface area contributed by atoms with Gasteiger partial charge in [-0.2, -0.15) is 0 Å². The van der Waals surface area contributed by atoms with E-state index in [1.165, 1.54) is 0 Å². The molecule has 37 heavy (non-hydrogen) atoms. The zero-order valence-corrected chi connectivity index (χ0v) is 24.4. The quantitative estimate of drug-likeness (QED) is 0.222. The summed E-state index contributed by atoms with van der Waals surface area (Å²) in [7, 11) is 0. The molecule has 1 aromatic carbocycles. The third-order valence-corrected chi connectivity index (χ3v) is 7.30. The summed E-state index contributed by atoms with van der Waals surface area (Å²) in [4.78, 5) is 42.0. The van der Waals surface area contributed by atoms with Crippen molar-refractivity contribution in [2.75, 3.05) is 11.9 Å². The standard InChI is InChI=1S/C27H39BrN2O7/c1-16(2)26(6,7)35-22(31)20(18-13-30-19-12-10-9-11-17(18)19)21(29)23(32)36-27(8,14-28)15-34-24(33)37-25(3,4)5/h9-13,16,20-21,30H,14-15,29H2,1-8H3. The Kier molecular flexibility index (Phi) is 9.81. The van der Waals surface area contributed by atoms with E-state index in [0.29, 0.717) is 5.56 Å². The number of rotatable bonds is 10. The SMILES string of the molecule is CC(C)C(C)(C)OC(=O)C(c1c[nH]c2ccccc12)C(N)C(=O)OC(C)(CBr)COC(=O)OC(C)(C)C. The van der Waals surface area contributed by atoms with Gasteiger partial charge in [-0.1, -0.05) is 48.0 Å². The number of ether oxygens (including phenoxy) is 4. The minimum absolute atomic E-state index is 0.0185. The Morgan fingerprint density at radius 2 is 1.59 bits per heavy atom. The van der Waals surface area contributed by atoms with E-state index in [1.807, 2.05) is 52.0 Å². The highest BCUT2D eigenvalue weighted by atomic mass is 79.9. The number of hydrogen-bond acceptors (Lipinski definition) is 8. The highest BCUT2D eigenvalue weighted by Gasteiger charge is 2.42. The number of nitrogens with two attached hydrogens (primary N) is 1. The molecule has 0 spiro atoms. The molecular formula is C27H39BrN2O7. The Balaban J connectivity index is 2.32. The Morgan fingerprint density at radius 1 is 0.973 bits per heavy atom. The lowest BCUT2D eigenvalue weighted by Crippen LogP contribution is -2.49. The van der Waals surface area contributed by atoms with Crippen molar-refractivity contribution < 1.29 is 33.3 Å². The molecule has 3 unspecified atom stereocenters. The summed E-state index contributed by atoms with van der Waals surface area (Å²) in [5, 5.41) is 0.885. The molecule has 3 atom stereocenters. The third kappa shape index (κ3) is 8.20. The zero-order valence-electron chi connectivity index (χ0n) is 22.8. The first-order valence-electron chi connectivity index (χ1n) is 12.2. The van der Waals surface area contributed by atoms with Crippen LogP contribution in [0.5, 0.6) is 0 Å². The van der Waals surface area contributed by atoms with Gasteiger partial charge >= 0.3 is 18.1 Å². The topological polar surface area (TPSA) is 130 Å². The van der Waals surface area contributed by atoms with E-state index in [9.17, 15) is 14.4 Å². The van der Waals surface area contributed by atoms with Gasteiger partial charge in [0.05, 0.1) is 0 Å². The molecule has 3 N–H and O–H groups in total. The van der Waals surface area contributed by atoms with Crippen molar-refractivity contribution >= 4 is 44.9 Å². The lowest BCUT2D eigenvalue weighted by molar-refractivity contribution is -0.171. The second kappa shape index (κ2) is 11.9. The van der Waals surface area contributed by atoms with Crippen molar-refractivity contribution in [3.63, 3.8) is 0 Å². The Morgan fingerprint density at radius 3 is 2.16 bits per heavy atom. The van der Waals surface area contributed by atoms with Gasteiger partial charge in [0.2, 0.25) is 0 Å². The van der Waals surface area contributed by atoms with Crippen LogP contribution in [0.3, 0.4) is 0 Å². The van der Waals surface area contributed by atoms with E-state index in [-0.39, 0.29) is 17.9 Å². The first-order valence-corrected chi connectivity index (χ1v) is 13.3. The number of halogens is 1. The van der Waals surface area contributed by atoms with Gasteiger partial charge in [0.1, 0.15) is 29.8 Å². The van der Waals surface area contributed by atoms with Crippen LogP contribution < -0.4 is 5.73 Å². The molecule has 0 fully saturated rings. The normalized spacial score (nSPS) is 15.5. The van der Waals surface area contributed by atoms with E-state index in [2.05, 4.69) is 20.9 Å². The van der Waals surface area contributed by atoms with Crippen molar-refractivity contribution in [2.45, 2.75) is 84.2 Å². The molecule has 0 bridgehead atoms. The van der Waals surface area contributed by atoms with Crippen LogP contribution in [0.15, 0.2) is 30.5 Å². The molecule has 2 rings (SSSR count). The number of carbonyl (C=O) groups excluding carboxylic acids is 3. The van der Waals surface area contributed by atoms with E-state index < -0.39 is 46.9 Å². The van der Waals surface area contributed by atoms with Gasteiger partial charge in [0.25, 0.3) is 0 Å². The summed E-state index contributed by atoms with van der Waals surface area (Å²) in [6, 6.07) is 6.00. The smallest absolute Gasteiger partial charge is 0.459 e. The van der Waals surface area contributed by atoms with Crippen LogP contribution in [0.1, 0.15) is 66.9 Å². The maximum Gasteiger partial charge on any atom is 0.508 e. The molecule has 206 valence electrons. The van der Waals surface area contributed by atoms with Gasteiger partial charge in [-0.3, -0.25) is 9.59 Å². The maximum atomic E-state index is 13.5. The van der Waals surface area contributed by atoms with Crippen molar-refractivity contribution in [1.82, 2.24) is 4.98 Å². The molecule has 2 aromatic rings. The minimum Gasteiger partial charge on any atom is -0.459 e. The molecule has 0 amide bonds. The zero-order chi connectivity index (χ0) is 28.2. The number of nitrogens with one attached hydrogen (secondary N) is 1. The number of hydrogen-bond donors (Lipinski definition) is 2. The van der Waals surface area contributed by atoms with Gasteiger partial charge in [0.15, 0.2) is 5.60 Å². The number of H-pyrrole nitrogens is 1. The fraction of sp³-hybridized carbons (Fsp3) is 0.593. The van der Waals surface area contributed by atoms with E-state index in [1.54, 1.807) is 33.9 Å². The molecule has 10 heteroatoms. The second-order valence-corrected chi connectivity index (χ2v) is 11.8. The molecule has 0 aliphatic carbocycles. The van der Waals surface area contributed by atoms with Crippen LogP contribution in [-0.2, 0) is 28.5 Å². The van der Waals surface area contributed by atoms with Gasteiger partial charge in [-0.25, -0.2) is 4.79 Å². The van der Waals surface area contributed by atoms with Crippen LogP contribution in [0, 0.1) is 5.92 Å². The van der Waals surface area contributed by atoms with Crippen LogP contribution in [0.4, 0.5) is 4.79 Å². The van der Waals surface area contributed by atoms with E-state index >= 15 is 0 Å². The molecule has 1 aromatic heterocycles. The van der Waals surface area contributed by atoms with Crippen molar-refractivity contribution in [1.29, 1.82) is 0 Å². The number of aromatic nitrogens is 1. The van der Waals surface area contributed by atoms with Crippen molar-refractivity contribution in [2.24, 2.45) is 11.7 Å². The van der Waals surface area contributed by atoms with Gasteiger partial charge in [0, 0.05) is 22.4 Å². The molecule has 0 aliphatic rings. The summed E-state index contributed by atoms with van der Waals surface area (Å²) in [5.74, 6) is -2.61. The fourth-order valence-corrected chi connectivity index (χ4v) is 3.57. The van der Waals surface area contributed by atoms with Crippen LogP contribution in [0.25, 0.3) is 10.9 Å². The Hall–Kier alpha value is -2.59. The summed E-state index contributed by atoms with van der Waals surface area (Å²) < 4.78 is 21.9. The number of carbonyl (C=O) groups is 3. The largest absolute Gasteiger partial charge is 0.508 e. The van der Waals surface area contributed by atoms with Crippen molar-refractivity contribution in [3.05, 3.63) is 36.0 Å². The Bertz CT molecular complexity index is 1110. The average molecular weight is 584 g/mol. The molecular weight excluding hydrogens is 544 g/mol. The minimum atomic E-state index is -1.39. The molecule has 0 saturated carbocycles. The van der Waals surface area contributed by atoms with E-state index in [4.69, 9.17) is 24.7 Å². The summed E-state index contributed by atoms with van der Waals surface area (Å²) in [6.45, 7) is 13.9. The number of fused-ring (bicyclic) bond motifs is 1. The van der Waals surface area contributed by atoms with Crippen LogP contribution in [-0.4, -0.2) is 57.9 Å². The van der Waals surface area contributed by atoms with Crippen LogP contribution in [0.2, 0.25) is 0 Å². The third-order valence-electron chi connectivity index (χ3n) is 6.11. The monoisotopic (exact) mass is 582 g/mol. The van der Waals surface area contributed by atoms with E-state index in [0.717, 1.165) is 10.9 Å². The number of aromatic amines is 1. The maximum absolute atomic E-state index is 13.5. The average Bonchev–Trinajstić information content (AvgIpc) is 3.20. The van der Waals surface area contributed by atoms with Gasteiger partial charge in [-0.05, 0) is 59.1 Å². The molecule has 0 radical (unpaired) electrons. The molecule has 1 heterocycles. The fourth-order valence-electron chi connectivity index (χ4n) is 3.29. The summed E-state index contributed by atoms with van der Waals surface area (Å²) >= 11 is 3.31. The highest BCUT2D eigenvalue weighted by Crippen LogP contribution is 2.32. The highest BCUT2D eigenvalue weighted by molar-refractivity contribution is 9.09. The lowest BCUT2D eigenvalue weighted by Gasteiger charge is -2.33. The molecule has 0 aliphatic heterocycles. The number of para-hydroxylation sites is 1. The van der Waals surface area contributed by atoms with Gasteiger partial charge < -0.3 is 29.7 Å². The first-order chi connectivity index (χ1) is 17.0. The number of benzene rings is 1.